The van der Waals surface area contributed by atoms with Gasteiger partial charge in [0.05, 0.1) is 33.8 Å². The van der Waals surface area contributed by atoms with Crippen LogP contribution < -0.4 is 4.90 Å². The maximum absolute atomic E-state index is 6.41. The van der Waals surface area contributed by atoms with E-state index in [2.05, 4.69) is 206 Å². The van der Waals surface area contributed by atoms with Crippen molar-refractivity contribution < 1.29 is 4.42 Å². The summed E-state index contributed by atoms with van der Waals surface area (Å²) in [6, 6.07) is 70.0. The second-order valence-corrected chi connectivity index (χ2v) is 17.2. The molecule has 306 valence electrons. The molecule has 0 saturated carbocycles. The van der Waals surface area contributed by atoms with Crippen LogP contribution in [0.3, 0.4) is 0 Å². The quantitative estimate of drug-likeness (QED) is 0.173. The van der Waals surface area contributed by atoms with E-state index in [1.165, 1.54) is 55.2 Å². The van der Waals surface area contributed by atoms with Crippen molar-refractivity contribution in [1.29, 1.82) is 0 Å². The van der Waals surface area contributed by atoms with Crippen molar-refractivity contribution in [3.8, 4) is 16.9 Å². The molecule has 5 aromatic heterocycles. The number of hydrogen-bond donors (Lipinski definition) is 0. The van der Waals surface area contributed by atoms with Gasteiger partial charge in [0.15, 0.2) is 5.82 Å². The fourth-order valence-electron chi connectivity index (χ4n) is 11.1. The molecule has 10 aromatic carbocycles. The van der Waals surface area contributed by atoms with Crippen molar-refractivity contribution >= 4 is 120 Å². The number of nitrogens with zero attached hydrogens (tertiary/aromatic N) is 6. The summed E-state index contributed by atoms with van der Waals surface area (Å²) in [6.45, 7) is 0. The van der Waals surface area contributed by atoms with Gasteiger partial charge in [-0.05, 0) is 82.6 Å². The Morgan fingerprint density at radius 3 is 1.88 bits per heavy atom. The molecule has 0 unspecified atom stereocenters. The van der Waals surface area contributed by atoms with Crippen molar-refractivity contribution in [2.24, 2.45) is 0 Å². The molecule has 66 heavy (non-hydrogen) atoms. The summed E-state index contributed by atoms with van der Waals surface area (Å²) >= 11 is 0. The molecule has 0 spiro atoms. The zero-order chi connectivity index (χ0) is 43.0. The van der Waals surface area contributed by atoms with Gasteiger partial charge in [0.2, 0.25) is 0 Å². The van der Waals surface area contributed by atoms with Gasteiger partial charge in [0.1, 0.15) is 17.5 Å². The fourth-order valence-corrected chi connectivity index (χ4v) is 11.1. The summed E-state index contributed by atoms with van der Waals surface area (Å²) < 4.78 is 11.3. The van der Waals surface area contributed by atoms with Gasteiger partial charge < -0.3 is 13.7 Å². The maximum Gasteiger partial charge on any atom is 0.178 e. The van der Waals surface area contributed by atoms with Crippen molar-refractivity contribution in [2.45, 2.75) is 0 Å². The smallest absolute Gasteiger partial charge is 0.178 e. The van der Waals surface area contributed by atoms with Crippen molar-refractivity contribution in [3.63, 3.8) is 0 Å². The molecule has 15 aromatic rings. The lowest BCUT2D eigenvalue weighted by Crippen LogP contribution is -2.09. The Labute approximate surface area is 375 Å². The number of rotatable bonds is 5. The van der Waals surface area contributed by atoms with Gasteiger partial charge in [-0.1, -0.05) is 133 Å². The van der Waals surface area contributed by atoms with Gasteiger partial charge in [-0.25, -0.2) is 4.98 Å². The highest BCUT2D eigenvalue weighted by Crippen LogP contribution is 2.51. The molecule has 7 nitrogen and oxygen atoms in total. The predicted molar refractivity (Wildman–Crippen MR) is 271 cm³/mol. The van der Waals surface area contributed by atoms with E-state index in [1.807, 2.05) is 18.3 Å². The Kier molecular flexibility index (Phi) is 7.10. The highest BCUT2D eigenvalue weighted by Gasteiger charge is 2.28. The Hall–Kier alpha value is -9.07. The van der Waals surface area contributed by atoms with Gasteiger partial charge in [-0.15, -0.1) is 10.2 Å². The largest absolute Gasteiger partial charge is 0.456 e. The molecular formula is C59H34N6O. The predicted octanol–water partition coefficient (Wildman–Crippen LogP) is 15.5. The first kappa shape index (κ1) is 35.4. The highest BCUT2D eigenvalue weighted by atomic mass is 16.3. The zero-order valence-electron chi connectivity index (χ0n) is 35.2. The molecule has 0 bridgehead atoms. The number of hydrogen-bond acceptors (Lipinski definition) is 5. The van der Waals surface area contributed by atoms with E-state index in [1.54, 1.807) is 0 Å². The molecule has 15 rings (SSSR count). The number of anilines is 3. The van der Waals surface area contributed by atoms with Gasteiger partial charge in [0.25, 0.3) is 0 Å². The Morgan fingerprint density at radius 1 is 0.409 bits per heavy atom. The third kappa shape index (κ3) is 4.77. The minimum absolute atomic E-state index is 0.639. The van der Waals surface area contributed by atoms with Gasteiger partial charge in [0, 0.05) is 70.9 Å². The topological polar surface area (TPSA) is 64.4 Å². The average molecular weight is 843 g/mol. The lowest BCUT2D eigenvalue weighted by Gasteiger charge is -2.26. The first-order valence-corrected chi connectivity index (χ1v) is 22.3. The van der Waals surface area contributed by atoms with Crippen LogP contribution in [0.5, 0.6) is 0 Å². The lowest BCUT2D eigenvalue weighted by molar-refractivity contribution is 0.669. The monoisotopic (exact) mass is 842 g/mol. The molecule has 0 aliphatic heterocycles. The number of furan rings is 1. The van der Waals surface area contributed by atoms with E-state index in [9.17, 15) is 0 Å². The highest BCUT2D eigenvalue weighted by molar-refractivity contribution is 6.40. The normalized spacial score (nSPS) is 12.2. The number of benzene rings is 10. The molecule has 0 radical (unpaired) electrons. The standard InChI is InChI=1S/C59H34N6O/c1-3-13-38(14-4-1)63(39-15-5-2-6-16-39)40-25-29-44-49(32-40)58-55(59-54(44)48-20-11-19-45-46-27-22-35-12-7-8-17-41(35)56(46)65(59)57(45)48)47-28-24-36(30-50(47)64(58)53-33-60-34-61-62-53)37-23-26-43-42-18-9-10-21-51(42)66-52(43)31-37/h1-34H. The lowest BCUT2D eigenvalue weighted by atomic mass is 9.96. The fraction of sp³-hybridized carbons (Fsp3) is 0. The molecule has 7 heteroatoms. The zero-order valence-corrected chi connectivity index (χ0v) is 35.2. The van der Waals surface area contributed by atoms with Crippen LogP contribution in [0.25, 0.3) is 120 Å². The minimum Gasteiger partial charge on any atom is -0.456 e. The van der Waals surface area contributed by atoms with Crippen LogP contribution in [-0.2, 0) is 0 Å². The van der Waals surface area contributed by atoms with Crippen LogP contribution in [0.2, 0.25) is 0 Å². The van der Waals surface area contributed by atoms with Crippen LogP contribution in [0, 0.1) is 0 Å². The van der Waals surface area contributed by atoms with E-state index in [0.29, 0.717) is 5.82 Å². The van der Waals surface area contributed by atoms with E-state index in [4.69, 9.17) is 9.52 Å². The summed E-state index contributed by atoms with van der Waals surface area (Å²) in [7, 11) is 0. The summed E-state index contributed by atoms with van der Waals surface area (Å²) in [5, 5.41) is 23.3. The molecule has 0 amide bonds. The second kappa shape index (κ2) is 13.2. The third-order valence-corrected chi connectivity index (χ3v) is 13.8. The molecule has 5 heterocycles. The van der Waals surface area contributed by atoms with Gasteiger partial charge in [-0.3, -0.25) is 4.57 Å². The second-order valence-electron chi connectivity index (χ2n) is 17.2. The summed E-state index contributed by atoms with van der Waals surface area (Å²) in [5.41, 5.74) is 12.7. The average Bonchev–Trinajstić information content (AvgIpc) is 4.13. The molecule has 0 N–H and O–H groups in total. The molecule has 0 fully saturated rings. The molecule has 0 aliphatic carbocycles. The van der Waals surface area contributed by atoms with Crippen LogP contribution in [0.4, 0.5) is 17.1 Å². The number of para-hydroxylation sites is 4. The Morgan fingerprint density at radius 2 is 1.06 bits per heavy atom. The van der Waals surface area contributed by atoms with Crippen molar-refractivity contribution in [3.05, 3.63) is 207 Å². The first-order chi connectivity index (χ1) is 32.8. The third-order valence-electron chi connectivity index (χ3n) is 13.8. The van der Waals surface area contributed by atoms with Crippen LogP contribution in [0.1, 0.15) is 0 Å². The van der Waals surface area contributed by atoms with E-state index in [-0.39, 0.29) is 0 Å². The van der Waals surface area contributed by atoms with Gasteiger partial charge >= 0.3 is 0 Å². The number of fused-ring (bicyclic) bond motifs is 18. The summed E-state index contributed by atoms with van der Waals surface area (Å²) in [4.78, 5) is 6.92. The minimum atomic E-state index is 0.639. The van der Waals surface area contributed by atoms with Crippen molar-refractivity contribution in [2.75, 3.05) is 4.90 Å². The van der Waals surface area contributed by atoms with E-state index >= 15 is 0 Å². The molecule has 0 aliphatic rings. The SMILES string of the molecule is c1ccc(N(c2ccccc2)c2ccc3c(c2)c2c(c4ccc(-c5ccc6c(c5)oc5ccccc56)cc4n2-c2cncnn2)c2c3c3cccc4c5ccc6ccccc6c5n2c43)cc1. The first-order valence-electron chi connectivity index (χ1n) is 22.3. The summed E-state index contributed by atoms with van der Waals surface area (Å²) in [5.74, 6) is 0.639. The Bertz CT molecular complexity index is 4420. The van der Waals surface area contributed by atoms with E-state index in [0.717, 1.165) is 82.7 Å². The maximum atomic E-state index is 6.41. The molecular weight excluding hydrogens is 809 g/mol. The van der Waals surface area contributed by atoms with Crippen LogP contribution in [-0.4, -0.2) is 24.1 Å². The van der Waals surface area contributed by atoms with E-state index < -0.39 is 0 Å². The van der Waals surface area contributed by atoms with Crippen LogP contribution in [0.15, 0.2) is 211 Å². The molecule has 0 saturated heterocycles. The summed E-state index contributed by atoms with van der Waals surface area (Å²) in [6.07, 6.45) is 3.33. The molecule has 0 atom stereocenters. The van der Waals surface area contributed by atoms with Gasteiger partial charge in [-0.2, -0.15) is 0 Å². The van der Waals surface area contributed by atoms with Crippen molar-refractivity contribution in [1.82, 2.24) is 24.1 Å². The number of aromatic nitrogens is 5. The Balaban J connectivity index is 1.14. The van der Waals surface area contributed by atoms with Crippen LogP contribution >= 0.6 is 0 Å².